The average Bonchev–Trinajstić information content (AvgIpc) is 2.61. The molecular formula is C18H40N4O. The highest BCUT2D eigenvalue weighted by molar-refractivity contribution is 4.69. The molecule has 5 heteroatoms. The zero-order valence-corrected chi connectivity index (χ0v) is 16.1. The Morgan fingerprint density at radius 2 is 1.09 bits per heavy atom. The summed E-state index contributed by atoms with van der Waals surface area (Å²) in [7, 11) is 0. The van der Waals surface area contributed by atoms with E-state index in [4.69, 9.17) is 4.74 Å². The molecule has 138 valence electrons. The predicted molar refractivity (Wildman–Crippen MR) is 99.3 cm³/mol. The fourth-order valence-corrected chi connectivity index (χ4v) is 3.09. The molecule has 0 unspecified atom stereocenters. The maximum atomic E-state index is 5.45. The minimum Gasteiger partial charge on any atom is -0.379 e. The van der Waals surface area contributed by atoms with Crippen molar-refractivity contribution in [3.05, 3.63) is 0 Å². The monoisotopic (exact) mass is 328 g/mol. The Morgan fingerprint density at radius 3 is 1.52 bits per heavy atom. The van der Waals surface area contributed by atoms with Crippen LogP contribution in [-0.2, 0) is 4.74 Å². The van der Waals surface area contributed by atoms with Crippen molar-refractivity contribution < 1.29 is 4.74 Å². The van der Waals surface area contributed by atoms with E-state index in [1.807, 2.05) is 0 Å². The third kappa shape index (κ3) is 9.01. The Morgan fingerprint density at radius 1 is 0.652 bits per heavy atom. The van der Waals surface area contributed by atoms with Crippen LogP contribution in [-0.4, -0.2) is 111 Å². The van der Waals surface area contributed by atoms with E-state index < -0.39 is 0 Å². The minimum atomic E-state index is 0.902. The van der Waals surface area contributed by atoms with Gasteiger partial charge in [0, 0.05) is 52.4 Å². The van der Waals surface area contributed by atoms with E-state index in [0.717, 1.165) is 52.5 Å². The first-order chi connectivity index (χ1) is 11.2. The quantitative estimate of drug-likeness (QED) is 0.507. The molecule has 5 nitrogen and oxygen atoms in total. The van der Waals surface area contributed by atoms with Gasteiger partial charge in [0.25, 0.3) is 0 Å². The van der Waals surface area contributed by atoms with E-state index in [1.54, 1.807) is 0 Å². The summed E-state index contributed by atoms with van der Waals surface area (Å²) >= 11 is 0. The lowest BCUT2D eigenvalue weighted by atomic mass is 10.3. The Bertz CT molecular complexity index is 248. The molecule has 23 heavy (non-hydrogen) atoms. The molecule has 0 aromatic rings. The largest absolute Gasteiger partial charge is 0.379 e. The summed E-state index contributed by atoms with van der Waals surface area (Å²) in [5, 5.41) is 0. The van der Waals surface area contributed by atoms with E-state index in [0.29, 0.717) is 0 Å². The first-order valence-electron chi connectivity index (χ1n) is 9.70. The van der Waals surface area contributed by atoms with Crippen LogP contribution in [0.3, 0.4) is 0 Å². The highest BCUT2D eigenvalue weighted by atomic mass is 16.5. The molecular weight excluding hydrogens is 288 g/mol. The summed E-state index contributed by atoms with van der Waals surface area (Å²) < 4.78 is 5.45. The molecule has 0 amide bonds. The standard InChI is InChI=1S/C18H40N4O/c1-5-19(6-2)9-11-21(12-10-20(7-3)8-4)13-14-22-15-17-23-18-16-22/h5-18H2,1-4H3. The Kier molecular flexibility index (Phi) is 11.9. The van der Waals surface area contributed by atoms with Crippen molar-refractivity contribution >= 4 is 0 Å². The molecule has 1 saturated heterocycles. The molecule has 1 aliphatic heterocycles. The van der Waals surface area contributed by atoms with Crippen molar-refractivity contribution in [2.24, 2.45) is 0 Å². The normalized spacial score (nSPS) is 16.8. The van der Waals surface area contributed by atoms with Gasteiger partial charge in [-0.3, -0.25) is 9.80 Å². The second kappa shape index (κ2) is 13.1. The molecule has 0 spiro atoms. The van der Waals surface area contributed by atoms with Crippen LogP contribution in [0.25, 0.3) is 0 Å². The van der Waals surface area contributed by atoms with Crippen molar-refractivity contribution in [3.8, 4) is 0 Å². The summed E-state index contributed by atoms with van der Waals surface area (Å²) in [5.74, 6) is 0. The lowest BCUT2D eigenvalue weighted by Crippen LogP contribution is -2.45. The van der Waals surface area contributed by atoms with E-state index in [-0.39, 0.29) is 0 Å². The van der Waals surface area contributed by atoms with Crippen LogP contribution in [0.2, 0.25) is 0 Å². The molecule has 0 saturated carbocycles. The molecule has 1 heterocycles. The fourth-order valence-electron chi connectivity index (χ4n) is 3.09. The van der Waals surface area contributed by atoms with Gasteiger partial charge in [0.2, 0.25) is 0 Å². The number of hydrogen-bond donors (Lipinski definition) is 0. The molecule has 0 atom stereocenters. The molecule has 0 radical (unpaired) electrons. The number of rotatable bonds is 13. The molecule has 1 rings (SSSR count). The molecule has 1 fully saturated rings. The van der Waals surface area contributed by atoms with Crippen LogP contribution >= 0.6 is 0 Å². The highest BCUT2D eigenvalue weighted by Gasteiger charge is 2.13. The van der Waals surface area contributed by atoms with Gasteiger partial charge in [-0.15, -0.1) is 0 Å². The smallest absolute Gasteiger partial charge is 0.0594 e. The van der Waals surface area contributed by atoms with Crippen LogP contribution in [0.5, 0.6) is 0 Å². The van der Waals surface area contributed by atoms with E-state index in [2.05, 4.69) is 47.3 Å². The second-order valence-electron chi connectivity index (χ2n) is 6.35. The van der Waals surface area contributed by atoms with E-state index >= 15 is 0 Å². The van der Waals surface area contributed by atoms with Crippen molar-refractivity contribution in [3.63, 3.8) is 0 Å². The topological polar surface area (TPSA) is 22.2 Å². The fraction of sp³-hybridized carbons (Fsp3) is 1.00. The van der Waals surface area contributed by atoms with Gasteiger partial charge < -0.3 is 14.5 Å². The Hall–Kier alpha value is -0.200. The number of morpholine rings is 1. The molecule has 0 aromatic heterocycles. The van der Waals surface area contributed by atoms with Gasteiger partial charge in [-0.1, -0.05) is 27.7 Å². The summed E-state index contributed by atoms with van der Waals surface area (Å²) in [6.45, 7) is 24.8. The summed E-state index contributed by atoms with van der Waals surface area (Å²) in [6, 6.07) is 0. The number of ether oxygens (including phenoxy) is 1. The zero-order valence-electron chi connectivity index (χ0n) is 16.1. The first-order valence-corrected chi connectivity index (χ1v) is 9.70. The van der Waals surface area contributed by atoms with Gasteiger partial charge in [-0.2, -0.15) is 0 Å². The van der Waals surface area contributed by atoms with Gasteiger partial charge in [0.1, 0.15) is 0 Å². The summed E-state index contributed by atoms with van der Waals surface area (Å²) in [4.78, 5) is 10.3. The average molecular weight is 329 g/mol. The van der Waals surface area contributed by atoms with Crippen LogP contribution in [0.1, 0.15) is 27.7 Å². The third-order valence-electron chi connectivity index (χ3n) is 5.09. The van der Waals surface area contributed by atoms with Gasteiger partial charge in [0.15, 0.2) is 0 Å². The van der Waals surface area contributed by atoms with Crippen LogP contribution < -0.4 is 0 Å². The number of hydrogen-bond acceptors (Lipinski definition) is 5. The molecule has 0 N–H and O–H groups in total. The Balaban J connectivity index is 2.38. The SMILES string of the molecule is CCN(CC)CCN(CCN(CC)CC)CCN1CCOCC1. The number of nitrogens with zero attached hydrogens (tertiary/aromatic N) is 4. The zero-order chi connectivity index (χ0) is 16.9. The Labute approximate surface area is 144 Å². The van der Waals surface area contributed by atoms with Gasteiger partial charge in [-0.05, 0) is 26.2 Å². The van der Waals surface area contributed by atoms with Crippen LogP contribution in [0, 0.1) is 0 Å². The lowest BCUT2D eigenvalue weighted by Gasteiger charge is -2.32. The maximum Gasteiger partial charge on any atom is 0.0594 e. The van der Waals surface area contributed by atoms with Gasteiger partial charge in [0.05, 0.1) is 13.2 Å². The van der Waals surface area contributed by atoms with Gasteiger partial charge in [-0.25, -0.2) is 0 Å². The predicted octanol–water partition coefficient (Wildman–Crippen LogP) is 1.30. The second-order valence-corrected chi connectivity index (χ2v) is 6.35. The lowest BCUT2D eigenvalue weighted by molar-refractivity contribution is 0.0324. The van der Waals surface area contributed by atoms with Crippen molar-refractivity contribution in [1.29, 1.82) is 0 Å². The van der Waals surface area contributed by atoms with Gasteiger partial charge >= 0.3 is 0 Å². The molecule has 0 aromatic carbocycles. The van der Waals surface area contributed by atoms with Crippen molar-refractivity contribution in [1.82, 2.24) is 19.6 Å². The number of likely N-dealkylation sites (N-methyl/N-ethyl adjacent to an activating group) is 2. The first kappa shape index (κ1) is 20.8. The van der Waals surface area contributed by atoms with Crippen LogP contribution in [0.15, 0.2) is 0 Å². The molecule has 1 aliphatic rings. The molecule has 0 bridgehead atoms. The maximum absolute atomic E-state index is 5.45. The van der Waals surface area contributed by atoms with Crippen molar-refractivity contribution in [2.45, 2.75) is 27.7 Å². The summed E-state index contributed by atoms with van der Waals surface area (Å²) in [5.41, 5.74) is 0. The summed E-state index contributed by atoms with van der Waals surface area (Å²) in [6.07, 6.45) is 0. The minimum absolute atomic E-state index is 0.902. The van der Waals surface area contributed by atoms with E-state index in [9.17, 15) is 0 Å². The third-order valence-corrected chi connectivity index (χ3v) is 5.09. The molecule has 0 aliphatic carbocycles. The highest BCUT2D eigenvalue weighted by Crippen LogP contribution is 2.00. The van der Waals surface area contributed by atoms with Crippen molar-refractivity contribution in [2.75, 3.05) is 91.8 Å². The van der Waals surface area contributed by atoms with E-state index in [1.165, 1.54) is 39.3 Å². The van der Waals surface area contributed by atoms with Crippen LogP contribution in [0.4, 0.5) is 0 Å².